The smallest absolute Gasteiger partial charge is 0.0223 e. The maximum atomic E-state index is 5.61. The molecule has 14 heavy (non-hydrogen) atoms. The van der Waals surface area contributed by atoms with Crippen molar-refractivity contribution in [2.24, 2.45) is 0 Å². The Balaban J connectivity index is 2.32. The number of alkyl halides is 1. The Morgan fingerprint density at radius 2 is 1.79 bits per heavy atom. The maximum Gasteiger partial charge on any atom is 0.0223 e. The van der Waals surface area contributed by atoms with Crippen LogP contribution in [0.3, 0.4) is 0 Å². The van der Waals surface area contributed by atoms with Gasteiger partial charge >= 0.3 is 0 Å². The van der Waals surface area contributed by atoms with Crippen LogP contribution < -0.4 is 0 Å². The summed E-state index contributed by atoms with van der Waals surface area (Å²) in [4.78, 5) is 0. The quantitative estimate of drug-likeness (QED) is 0.484. The minimum atomic E-state index is 0.787. The molecule has 0 amide bonds. The van der Waals surface area contributed by atoms with Gasteiger partial charge in [0.25, 0.3) is 0 Å². The van der Waals surface area contributed by atoms with E-state index in [1.54, 1.807) is 0 Å². The molecule has 0 atom stereocenters. The molecule has 0 saturated carbocycles. The van der Waals surface area contributed by atoms with Gasteiger partial charge in [-0.1, -0.05) is 43.3 Å². The van der Waals surface area contributed by atoms with Gasteiger partial charge < -0.3 is 0 Å². The highest BCUT2D eigenvalue weighted by molar-refractivity contribution is 6.17. The van der Waals surface area contributed by atoms with Gasteiger partial charge in [-0.15, -0.1) is 11.6 Å². The molecular formula is C13H17Cl. The van der Waals surface area contributed by atoms with Gasteiger partial charge in [0.1, 0.15) is 0 Å². The van der Waals surface area contributed by atoms with Gasteiger partial charge in [0.15, 0.2) is 0 Å². The van der Waals surface area contributed by atoms with Gasteiger partial charge in [0.2, 0.25) is 0 Å². The molecule has 0 aromatic heterocycles. The summed E-state index contributed by atoms with van der Waals surface area (Å²) in [6.45, 7) is 3.73. The molecule has 1 aromatic rings. The summed E-state index contributed by atoms with van der Waals surface area (Å²) in [6.07, 6.45) is 6.63. The monoisotopic (exact) mass is 208 g/mol. The van der Waals surface area contributed by atoms with Crippen LogP contribution in [-0.4, -0.2) is 5.88 Å². The molecule has 76 valence electrons. The average Bonchev–Trinajstić information content (AvgIpc) is 2.25. The molecule has 0 bridgehead atoms. The predicted octanol–water partition coefficient (Wildman–Crippen LogP) is 4.28. The van der Waals surface area contributed by atoms with E-state index >= 15 is 0 Å². The second kappa shape index (κ2) is 6.67. The lowest BCUT2D eigenvalue weighted by atomic mass is 10.1. The molecule has 0 heterocycles. The fourth-order valence-electron chi connectivity index (χ4n) is 1.42. The summed E-state index contributed by atoms with van der Waals surface area (Å²) in [5.74, 6) is 0.787. The van der Waals surface area contributed by atoms with E-state index in [9.17, 15) is 0 Å². The van der Waals surface area contributed by atoms with E-state index in [1.165, 1.54) is 24.0 Å². The largest absolute Gasteiger partial charge is 0.127 e. The molecular weight excluding hydrogens is 192 g/mol. The summed E-state index contributed by atoms with van der Waals surface area (Å²) in [5.41, 5.74) is 2.60. The molecule has 0 spiro atoms. The standard InChI is InChI=1S/C13H17Cl/c1-2-12-7-9-13(10-8-12)6-4-3-5-11-14/h2,7-10H,1,3-6,11H2. The second-order valence-corrected chi connectivity index (χ2v) is 3.82. The first-order valence-corrected chi connectivity index (χ1v) is 5.67. The van der Waals surface area contributed by atoms with Gasteiger partial charge in [-0.2, -0.15) is 0 Å². The molecule has 0 aliphatic carbocycles. The van der Waals surface area contributed by atoms with Crippen LogP contribution in [0.1, 0.15) is 30.4 Å². The van der Waals surface area contributed by atoms with Crippen LogP contribution in [0.15, 0.2) is 30.8 Å². The van der Waals surface area contributed by atoms with E-state index in [2.05, 4.69) is 30.8 Å². The summed E-state index contributed by atoms with van der Waals surface area (Å²) < 4.78 is 0. The Bertz CT molecular complexity index is 261. The minimum Gasteiger partial charge on any atom is -0.127 e. The van der Waals surface area contributed by atoms with Gasteiger partial charge in [-0.05, 0) is 30.4 Å². The summed E-state index contributed by atoms with van der Waals surface area (Å²) >= 11 is 5.61. The van der Waals surface area contributed by atoms with Crippen molar-refractivity contribution in [1.82, 2.24) is 0 Å². The lowest BCUT2D eigenvalue weighted by Gasteiger charge is -2.01. The zero-order valence-corrected chi connectivity index (χ0v) is 9.26. The Morgan fingerprint density at radius 1 is 1.07 bits per heavy atom. The Kier molecular flexibility index (Phi) is 5.39. The van der Waals surface area contributed by atoms with Crippen LogP contribution in [0.2, 0.25) is 0 Å². The number of hydrogen-bond donors (Lipinski definition) is 0. The van der Waals surface area contributed by atoms with Crippen molar-refractivity contribution in [3.8, 4) is 0 Å². The number of hydrogen-bond acceptors (Lipinski definition) is 0. The van der Waals surface area contributed by atoms with Crippen LogP contribution in [0.4, 0.5) is 0 Å². The highest BCUT2D eigenvalue weighted by Gasteiger charge is 1.93. The number of halogens is 1. The van der Waals surface area contributed by atoms with Crippen LogP contribution >= 0.6 is 11.6 Å². The minimum absolute atomic E-state index is 0.787. The van der Waals surface area contributed by atoms with E-state index in [1.807, 2.05) is 6.08 Å². The second-order valence-electron chi connectivity index (χ2n) is 3.45. The molecule has 0 saturated heterocycles. The molecule has 0 aliphatic heterocycles. The summed E-state index contributed by atoms with van der Waals surface area (Å²) in [5, 5.41) is 0. The van der Waals surface area contributed by atoms with E-state index in [-0.39, 0.29) is 0 Å². The molecule has 1 heteroatoms. The van der Waals surface area contributed by atoms with Gasteiger partial charge in [0, 0.05) is 5.88 Å². The van der Waals surface area contributed by atoms with Crippen molar-refractivity contribution >= 4 is 17.7 Å². The molecule has 0 N–H and O–H groups in total. The Morgan fingerprint density at radius 3 is 2.36 bits per heavy atom. The Hall–Kier alpha value is -0.750. The van der Waals surface area contributed by atoms with Crippen LogP contribution in [0.25, 0.3) is 6.08 Å². The molecule has 0 radical (unpaired) electrons. The SMILES string of the molecule is C=Cc1ccc(CCCCCCl)cc1. The average molecular weight is 209 g/mol. The molecule has 0 unspecified atom stereocenters. The fourth-order valence-corrected chi connectivity index (χ4v) is 1.61. The highest BCUT2D eigenvalue weighted by atomic mass is 35.5. The molecule has 1 rings (SSSR count). The number of unbranched alkanes of at least 4 members (excludes halogenated alkanes) is 2. The predicted molar refractivity (Wildman–Crippen MR) is 64.8 cm³/mol. The van der Waals surface area contributed by atoms with Crippen molar-refractivity contribution < 1.29 is 0 Å². The van der Waals surface area contributed by atoms with Gasteiger partial charge in [0.05, 0.1) is 0 Å². The summed E-state index contributed by atoms with van der Waals surface area (Å²) in [6, 6.07) is 8.59. The van der Waals surface area contributed by atoms with Crippen LogP contribution in [0.5, 0.6) is 0 Å². The third-order valence-corrected chi connectivity index (χ3v) is 2.58. The summed E-state index contributed by atoms with van der Waals surface area (Å²) in [7, 11) is 0. The third kappa shape index (κ3) is 3.97. The number of aryl methyl sites for hydroxylation is 1. The first-order chi connectivity index (χ1) is 6.86. The zero-order chi connectivity index (χ0) is 10.2. The van der Waals surface area contributed by atoms with E-state index in [4.69, 9.17) is 11.6 Å². The number of rotatable bonds is 6. The normalized spacial score (nSPS) is 10.1. The van der Waals surface area contributed by atoms with E-state index < -0.39 is 0 Å². The van der Waals surface area contributed by atoms with Gasteiger partial charge in [-0.3, -0.25) is 0 Å². The van der Waals surface area contributed by atoms with Crippen LogP contribution in [-0.2, 0) is 6.42 Å². The zero-order valence-electron chi connectivity index (χ0n) is 8.51. The van der Waals surface area contributed by atoms with Gasteiger partial charge in [-0.25, -0.2) is 0 Å². The topological polar surface area (TPSA) is 0 Å². The lowest BCUT2D eigenvalue weighted by Crippen LogP contribution is -1.86. The fraction of sp³-hybridized carbons (Fsp3) is 0.385. The third-order valence-electron chi connectivity index (χ3n) is 2.31. The van der Waals surface area contributed by atoms with Crippen molar-refractivity contribution in [1.29, 1.82) is 0 Å². The first-order valence-electron chi connectivity index (χ1n) is 5.14. The Labute approximate surface area is 91.6 Å². The van der Waals surface area contributed by atoms with Crippen LogP contribution in [0, 0.1) is 0 Å². The highest BCUT2D eigenvalue weighted by Crippen LogP contribution is 2.09. The van der Waals surface area contributed by atoms with Crippen molar-refractivity contribution in [3.05, 3.63) is 42.0 Å². The van der Waals surface area contributed by atoms with E-state index in [0.717, 1.165) is 18.7 Å². The molecule has 1 aromatic carbocycles. The van der Waals surface area contributed by atoms with Crippen molar-refractivity contribution in [2.75, 3.05) is 5.88 Å². The van der Waals surface area contributed by atoms with Crippen molar-refractivity contribution in [2.45, 2.75) is 25.7 Å². The maximum absolute atomic E-state index is 5.61. The van der Waals surface area contributed by atoms with Crippen molar-refractivity contribution in [3.63, 3.8) is 0 Å². The molecule has 0 aliphatic rings. The number of benzene rings is 1. The molecule has 0 fully saturated rings. The lowest BCUT2D eigenvalue weighted by molar-refractivity contribution is 0.720. The molecule has 0 nitrogen and oxygen atoms in total. The van der Waals surface area contributed by atoms with E-state index in [0.29, 0.717) is 0 Å². The first kappa shape index (κ1) is 11.3.